The van der Waals surface area contributed by atoms with E-state index >= 15 is 0 Å². The fraction of sp³-hybridized carbons (Fsp3) is 0.471. The van der Waals surface area contributed by atoms with E-state index in [1.54, 1.807) is 12.1 Å². The van der Waals surface area contributed by atoms with Crippen molar-refractivity contribution in [1.29, 1.82) is 0 Å². The van der Waals surface area contributed by atoms with Gasteiger partial charge in [0.2, 0.25) is 5.91 Å². The number of amides is 1. The Morgan fingerprint density at radius 2 is 1.96 bits per heavy atom. The number of nitrogens with zero attached hydrogens (tertiary/aromatic N) is 5. The zero-order valence-electron chi connectivity index (χ0n) is 14.2. The lowest BCUT2D eigenvalue weighted by Crippen LogP contribution is -2.40. The van der Waals surface area contributed by atoms with Gasteiger partial charge in [-0.05, 0) is 25.0 Å². The number of carbonyl (C=O) groups is 1. The maximum atomic E-state index is 12.4. The molecule has 1 aliphatic rings. The van der Waals surface area contributed by atoms with Crippen molar-refractivity contribution in [3.8, 4) is 11.4 Å². The van der Waals surface area contributed by atoms with Crippen molar-refractivity contribution in [3.63, 3.8) is 0 Å². The second kappa shape index (κ2) is 7.42. The molecule has 0 unspecified atom stereocenters. The maximum absolute atomic E-state index is 12.4. The van der Waals surface area contributed by atoms with Gasteiger partial charge in [0.25, 0.3) is 5.69 Å². The number of carbonyl (C=O) groups excluding carboxylic acids is 1. The molecule has 8 heteroatoms. The fourth-order valence-corrected chi connectivity index (χ4v) is 3.16. The number of rotatable bonds is 5. The minimum absolute atomic E-state index is 0.0204. The Labute approximate surface area is 145 Å². The third-order valence-electron chi connectivity index (χ3n) is 4.69. The summed E-state index contributed by atoms with van der Waals surface area (Å²) in [6.45, 7) is 0.146. The molecule has 25 heavy (non-hydrogen) atoms. The van der Waals surface area contributed by atoms with E-state index in [2.05, 4.69) is 10.1 Å². The molecule has 1 aromatic heterocycles. The van der Waals surface area contributed by atoms with Crippen molar-refractivity contribution in [2.45, 2.75) is 44.7 Å². The number of non-ortho nitro benzene ring substituents is 1. The van der Waals surface area contributed by atoms with E-state index in [9.17, 15) is 14.9 Å². The van der Waals surface area contributed by atoms with Gasteiger partial charge in [-0.15, -0.1) is 0 Å². The molecule has 1 aliphatic carbocycles. The van der Waals surface area contributed by atoms with Crippen LogP contribution in [0.15, 0.2) is 30.6 Å². The summed E-state index contributed by atoms with van der Waals surface area (Å²) in [4.78, 5) is 28.7. The van der Waals surface area contributed by atoms with Gasteiger partial charge in [-0.2, -0.15) is 5.10 Å². The largest absolute Gasteiger partial charge is 0.341 e. The van der Waals surface area contributed by atoms with Gasteiger partial charge in [-0.1, -0.05) is 19.3 Å². The van der Waals surface area contributed by atoms with E-state index in [1.165, 1.54) is 42.4 Å². The highest BCUT2D eigenvalue weighted by Crippen LogP contribution is 2.22. The zero-order chi connectivity index (χ0) is 17.8. The molecule has 2 aromatic rings. The monoisotopic (exact) mass is 343 g/mol. The van der Waals surface area contributed by atoms with E-state index in [1.807, 2.05) is 11.9 Å². The molecule has 1 fully saturated rings. The van der Waals surface area contributed by atoms with Gasteiger partial charge in [-0.25, -0.2) is 9.67 Å². The lowest BCUT2D eigenvalue weighted by Gasteiger charge is -2.31. The summed E-state index contributed by atoms with van der Waals surface area (Å²) in [5, 5.41) is 15.0. The van der Waals surface area contributed by atoms with Crippen LogP contribution in [0.4, 0.5) is 5.69 Å². The molecule has 0 spiro atoms. The van der Waals surface area contributed by atoms with Crippen molar-refractivity contribution < 1.29 is 9.72 Å². The van der Waals surface area contributed by atoms with E-state index < -0.39 is 4.92 Å². The Balaban J connectivity index is 1.64. The van der Waals surface area contributed by atoms with Crippen LogP contribution >= 0.6 is 0 Å². The maximum Gasteiger partial charge on any atom is 0.269 e. The van der Waals surface area contributed by atoms with Gasteiger partial charge in [-0.3, -0.25) is 14.9 Å². The molecule has 1 amide bonds. The summed E-state index contributed by atoms with van der Waals surface area (Å²) >= 11 is 0. The number of nitro groups is 1. The Morgan fingerprint density at radius 3 is 2.60 bits per heavy atom. The van der Waals surface area contributed by atoms with Crippen molar-refractivity contribution in [3.05, 3.63) is 40.7 Å². The highest BCUT2D eigenvalue weighted by molar-refractivity contribution is 5.76. The minimum Gasteiger partial charge on any atom is -0.341 e. The molecule has 132 valence electrons. The number of hydrogen-bond acceptors (Lipinski definition) is 5. The molecule has 8 nitrogen and oxygen atoms in total. The molecular formula is C17H21N5O3. The van der Waals surface area contributed by atoms with Crippen LogP contribution in [-0.2, 0) is 11.3 Å². The summed E-state index contributed by atoms with van der Waals surface area (Å²) in [5.41, 5.74) is 0.699. The quantitative estimate of drug-likeness (QED) is 0.614. The molecule has 0 saturated heterocycles. The van der Waals surface area contributed by atoms with Crippen LogP contribution in [0.2, 0.25) is 0 Å². The van der Waals surface area contributed by atoms with E-state index in [-0.39, 0.29) is 18.1 Å². The second-order valence-electron chi connectivity index (χ2n) is 6.37. The molecule has 1 aromatic carbocycles. The summed E-state index contributed by atoms with van der Waals surface area (Å²) in [6.07, 6.45) is 7.25. The topological polar surface area (TPSA) is 94.2 Å². The van der Waals surface area contributed by atoms with Gasteiger partial charge < -0.3 is 4.90 Å². The predicted octanol–water partition coefficient (Wildman–Crippen LogP) is 2.64. The fourth-order valence-electron chi connectivity index (χ4n) is 3.16. The van der Waals surface area contributed by atoms with Crippen LogP contribution in [0.1, 0.15) is 32.1 Å². The predicted molar refractivity (Wildman–Crippen MR) is 91.8 cm³/mol. The summed E-state index contributed by atoms with van der Waals surface area (Å²) < 4.78 is 1.51. The molecule has 0 N–H and O–H groups in total. The molecular weight excluding hydrogens is 322 g/mol. The molecule has 0 aliphatic heterocycles. The van der Waals surface area contributed by atoms with Gasteiger partial charge in [0, 0.05) is 30.8 Å². The first-order chi connectivity index (χ1) is 12.0. The van der Waals surface area contributed by atoms with Crippen molar-refractivity contribution in [2.24, 2.45) is 0 Å². The lowest BCUT2D eigenvalue weighted by atomic mass is 9.94. The highest BCUT2D eigenvalue weighted by Gasteiger charge is 2.22. The van der Waals surface area contributed by atoms with Crippen LogP contribution in [0.25, 0.3) is 11.4 Å². The smallest absolute Gasteiger partial charge is 0.269 e. The average Bonchev–Trinajstić information content (AvgIpc) is 3.10. The van der Waals surface area contributed by atoms with Crippen molar-refractivity contribution >= 4 is 11.6 Å². The zero-order valence-corrected chi connectivity index (χ0v) is 14.2. The average molecular weight is 343 g/mol. The molecule has 1 saturated carbocycles. The van der Waals surface area contributed by atoms with Crippen LogP contribution < -0.4 is 0 Å². The summed E-state index contributed by atoms with van der Waals surface area (Å²) in [6, 6.07) is 6.36. The van der Waals surface area contributed by atoms with E-state index in [0.717, 1.165) is 12.8 Å². The third-order valence-corrected chi connectivity index (χ3v) is 4.69. The number of likely N-dealkylation sites (N-methyl/N-ethyl adjacent to an activating group) is 1. The number of aromatic nitrogens is 3. The SMILES string of the molecule is CN(C(=O)Cn1cnc(-c2ccc([N+](=O)[O-])cc2)n1)C1CCCCC1. The number of hydrogen-bond donors (Lipinski definition) is 0. The standard InChI is InChI=1S/C17H21N5O3/c1-20(14-5-3-2-4-6-14)16(23)11-21-12-18-17(19-21)13-7-9-15(10-8-13)22(24)25/h7-10,12,14H,2-6,11H2,1H3. The first-order valence-electron chi connectivity index (χ1n) is 8.44. The Hall–Kier alpha value is -2.77. The van der Waals surface area contributed by atoms with E-state index in [0.29, 0.717) is 17.4 Å². The highest BCUT2D eigenvalue weighted by atomic mass is 16.6. The first-order valence-corrected chi connectivity index (χ1v) is 8.44. The van der Waals surface area contributed by atoms with Crippen molar-refractivity contribution in [2.75, 3.05) is 7.05 Å². The lowest BCUT2D eigenvalue weighted by molar-refractivity contribution is -0.384. The van der Waals surface area contributed by atoms with E-state index in [4.69, 9.17) is 0 Å². The second-order valence-corrected chi connectivity index (χ2v) is 6.37. The normalized spacial score (nSPS) is 15.1. The molecule has 1 heterocycles. The number of nitro benzene ring substituents is 1. The van der Waals surface area contributed by atoms with Crippen LogP contribution in [0.3, 0.4) is 0 Å². The van der Waals surface area contributed by atoms with Gasteiger partial charge in [0.05, 0.1) is 4.92 Å². The van der Waals surface area contributed by atoms with Crippen molar-refractivity contribution in [1.82, 2.24) is 19.7 Å². The molecule has 3 rings (SSSR count). The Bertz CT molecular complexity index is 750. The molecule has 0 bridgehead atoms. The molecule has 0 atom stereocenters. The minimum atomic E-state index is -0.449. The van der Waals surface area contributed by atoms with Crippen LogP contribution in [-0.4, -0.2) is 43.6 Å². The Kier molecular flexibility index (Phi) is 5.06. The van der Waals surface area contributed by atoms with Crippen LogP contribution in [0, 0.1) is 10.1 Å². The van der Waals surface area contributed by atoms with Crippen LogP contribution in [0.5, 0.6) is 0 Å². The number of benzene rings is 1. The van der Waals surface area contributed by atoms with Gasteiger partial charge in [0.1, 0.15) is 12.9 Å². The first kappa shape index (κ1) is 17.1. The third kappa shape index (κ3) is 4.01. The van der Waals surface area contributed by atoms with Gasteiger partial charge in [0.15, 0.2) is 5.82 Å². The Morgan fingerprint density at radius 1 is 1.28 bits per heavy atom. The molecule has 0 radical (unpaired) electrons. The summed E-state index contributed by atoms with van der Waals surface area (Å²) in [5.74, 6) is 0.468. The van der Waals surface area contributed by atoms with Gasteiger partial charge >= 0.3 is 0 Å². The summed E-state index contributed by atoms with van der Waals surface area (Å²) in [7, 11) is 1.85.